The lowest BCUT2D eigenvalue weighted by molar-refractivity contribution is -0.145. The van der Waals surface area contributed by atoms with Crippen LogP contribution in [0.25, 0.3) is 0 Å². The van der Waals surface area contributed by atoms with E-state index in [0.717, 1.165) is 11.2 Å². The number of hydrogen-bond acceptors (Lipinski definition) is 8. The highest BCUT2D eigenvalue weighted by Gasteiger charge is 2.51. The maximum absolute atomic E-state index is 13.1. The zero-order valence-electron chi connectivity index (χ0n) is 17.9. The molecule has 1 aromatic carbocycles. The van der Waals surface area contributed by atoms with Crippen LogP contribution in [-0.2, 0) is 35.8 Å². The summed E-state index contributed by atoms with van der Waals surface area (Å²) in [6.07, 6.45) is -0.383. The van der Waals surface area contributed by atoms with Gasteiger partial charge in [-0.25, -0.2) is 18.1 Å². The Kier molecular flexibility index (Phi) is 7.38. The smallest absolute Gasteiger partial charge is 0.330 e. The number of methoxy groups -OCH3 is 1. The Morgan fingerprint density at radius 3 is 2.41 bits per heavy atom. The van der Waals surface area contributed by atoms with E-state index in [1.54, 1.807) is 0 Å². The number of hydrogen-bond donors (Lipinski definition) is 3. The number of Topliss-reactive ketones (excluding diaryl/α,β-unsaturated/α-hetero) is 1. The lowest BCUT2D eigenvalue weighted by Gasteiger charge is -2.24. The number of sulfonamides is 1. The Hall–Kier alpha value is -3.29. The molecule has 13 heteroatoms. The van der Waals surface area contributed by atoms with Crippen molar-refractivity contribution in [3.8, 4) is 0 Å². The molecular weight excluding hydrogens is 444 g/mol. The molecule has 1 aliphatic heterocycles. The molecule has 0 saturated carbocycles. The van der Waals surface area contributed by atoms with E-state index in [4.69, 9.17) is 4.74 Å². The van der Waals surface area contributed by atoms with Gasteiger partial charge in [0.2, 0.25) is 16.3 Å². The van der Waals surface area contributed by atoms with E-state index >= 15 is 0 Å². The molecule has 2 unspecified atom stereocenters. The van der Waals surface area contributed by atoms with Gasteiger partial charge in [0.1, 0.15) is 0 Å². The maximum Gasteiger partial charge on any atom is 0.330 e. The summed E-state index contributed by atoms with van der Waals surface area (Å²) in [5, 5.41) is 12.0. The molecule has 32 heavy (non-hydrogen) atoms. The first-order chi connectivity index (χ1) is 14.8. The Morgan fingerprint density at radius 2 is 1.94 bits per heavy atom. The second kappa shape index (κ2) is 9.46. The average molecular weight is 468 g/mol. The number of benzene rings is 1. The van der Waals surface area contributed by atoms with E-state index in [9.17, 15) is 32.7 Å². The van der Waals surface area contributed by atoms with Gasteiger partial charge >= 0.3 is 6.03 Å². The van der Waals surface area contributed by atoms with Crippen LogP contribution in [0.5, 0.6) is 0 Å². The fourth-order valence-electron chi connectivity index (χ4n) is 3.04. The number of likely N-dealkylation sites (N-methyl/N-ethyl adjacent to an activating group) is 1. The summed E-state index contributed by atoms with van der Waals surface area (Å²) in [6, 6.07) is 1.13. The number of ether oxygens (including phenoxy) is 1. The first-order valence-electron chi connectivity index (χ1n) is 9.17. The van der Waals surface area contributed by atoms with Gasteiger partial charge in [0.15, 0.2) is 11.8 Å². The molecule has 1 aromatic rings. The third kappa shape index (κ3) is 5.12. The molecule has 1 aliphatic rings. The van der Waals surface area contributed by atoms with Crippen LogP contribution < -0.4 is 10.0 Å². The molecule has 0 radical (unpaired) electrons. The van der Waals surface area contributed by atoms with E-state index in [2.05, 4.69) is 16.6 Å². The molecule has 0 bridgehead atoms. The number of anilines is 2. The predicted octanol–water partition coefficient (Wildman–Crippen LogP) is -0.131. The average Bonchev–Trinajstić information content (AvgIpc) is 2.90. The van der Waals surface area contributed by atoms with Crippen LogP contribution in [0.2, 0.25) is 0 Å². The van der Waals surface area contributed by atoms with Crippen LogP contribution in [0.3, 0.4) is 0 Å². The third-order valence-electron chi connectivity index (χ3n) is 4.55. The molecule has 1 heterocycles. The number of aliphatic hydroxyl groups excluding tert-OH is 1. The Bertz CT molecular complexity index is 1080. The minimum Gasteiger partial charge on any atom is -0.392 e. The summed E-state index contributed by atoms with van der Waals surface area (Å²) >= 11 is 0. The lowest BCUT2D eigenvalue weighted by Crippen LogP contribution is -2.52. The van der Waals surface area contributed by atoms with Crippen molar-refractivity contribution in [2.75, 3.05) is 30.5 Å². The topological polar surface area (TPSA) is 162 Å². The highest BCUT2D eigenvalue weighted by molar-refractivity contribution is 7.92. The minimum absolute atomic E-state index is 0.0265. The highest BCUT2D eigenvalue weighted by atomic mass is 32.2. The standard InChI is InChI=1S/C19H24N4O8S/c1-10(2)15(25)14(23-17(27)18(31-4)22(3)19(23)28)16(26)20-13-8-12(21-32(5,29)30)7-6-11(13)9-24/h6-8,14,18,21,24H,1,9H2,2-5H3,(H,20,26). The van der Waals surface area contributed by atoms with Crippen LogP contribution in [0.1, 0.15) is 12.5 Å². The third-order valence-corrected chi connectivity index (χ3v) is 5.15. The second-order valence-electron chi connectivity index (χ2n) is 7.13. The monoisotopic (exact) mass is 468 g/mol. The largest absolute Gasteiger partial charge is 0.392 e. The van der Waals surface area contributed by atoms with E-state index in [1.165, 1.54) is 39.3 Å². The van der Waals surface area contributed by atoms with Gasteiger partial charge in [0.25, 0.3) is 11.8 Å². The molecule has 1 saturated heterocycles. The number of nitrogens with one attached hydrogen (secondary N) is 2. The number of amides is 4. The van der Waals surface area contributed by atoms with Gasteiger partial charge in [-0.2, -0.15) is 0 Å². The van der Waals surface area contributed by atoms with Gasteiger partial charge < -0.3 is 15.2 Å². The molecule has 12 nitrogen and oxygen atoms in total. The van der Waals surface area contributed by atoms with Crippen molar-refractivity contribution in [1.82, 2.24) is 9.80 Å². The Balaban J connectivity index is 2.47. The number of carbonyl (C=O) groups excluding carboxylic acids is 4. The molecule has 2 rings (SSSR count). The maximum atomic E-state index is 13.1. The summed E-state index contributed by atoms with van der Waals surface area (Å²) in [5.74, 6) is -2.86. The van der Waals surface area contributed by atoms with Crippen molar-refractivity contribution >= 4 is 45.0 Å². The van der Waals surface area contributed by atoms with Gasteiger partial charge in [-0.15, -0.1) is 0 Å². The molecule has 2 atom stereocenters. The normalized spacial score (nSPS) is 17.3. The van der Waals surface area contributed by atoms with Crippen LogP contribution in [0.4, 0.5) is 16.2 Å². The molecule has 0 aromatic heterocycles. The van der Waals surface area contributed by atoms with Crippen LogP contribution in [-0.4, -0.2) is 79.6 Å². The van der Waals surface area contributed by atoms with Crippen LogP contribution >= 0.6 is 0 Å². The van der Waals surface area contributed by atoms with Crippen molar-refractivity contribution in [2.24, 2.45) is 0 Å². The second-order valence-corrected chi connectivity index (χ2v) is 8.88. The summed E-state index contributed by atoms with van der Waals surface area (Å²) < 4.78 is 30.2. The molecule has 4 amide bonds. The first-order valence-corrected chi connectivity index (χ1v) is 11.1. The first kappa shape index (κ1) is 25.0. The Morgan fingerprint density at radius 1 is 1.31 bits per heavy atom. The van der Waals surface area contributed by atoms with Gasteiger partial charge in [-0.1, -0.05) is 12.6 Å². The van der Waals surface area contributed by atoms with E-state index < -0.39 is 52.5 Å². The Labute approximate surface area is 184 Å². The molecule has 0 spiro atoms. The lowest BCUT2D eigenvalue weighted by atomic mass is 10.0. The zero-order valence-corrected chi connectivity index (χ0v) is 18.7. The number of imide groups is 1. The number of rotatable bonds is 9. The molecule has 174 valence electrons. The van der Waals surface area contributed by atoms with Gasteiger partial charge in [-0.05, 0) is 24.6 Å². The van der Waals surface area contributed by atoms with Gasteiger partial charge in [0.05, 0.1) is 18.6 Å². The summed E-state index contributed by atoms with van der Waals surface area (Å²) in [4.78, 5) is 52.6. The molecule has 0 aliphatic carbocycles. The van der Waals surface area contributed by atoms with Crippen molar-refractivity contribution in [1.29, 1.82) is 0 Å². The minimum atomic E-state index is -3.63. The summed E-state index contributed by atoms with van der Waals surface area (Å²) in [6.45, 7) is 4.29. The van der Waals surface area contributed by atoms with Gasteiger partial charge in [0, 0.05) is 25.4 Å². The van der Waals surface area contributed by atoms with Crippen LogP contribution in [0, 0.1) is 0 Å². The number of nitrogens with zero attached hydrogens (tertiary/aromatic N) is 2. The number of ketones is 1. The molecular formula is C19H24N4O8S. The van der Waals surface area contributed by atoms with E-state index in [-0.39, 0.29) is 22.5 Å². The SMILES string of the molecule is C=C(C)C(=O)C(C(=O)Nc1cc(NS(C)(=O)=O)ccc1CO)N1C(=O)C(OC)N(C)C1=O. The van der Waals surface area contributed by atoms with Crippen molar-refractivity contribution in [3.63, 3.8) is 0 Å². The summed E-state index contributed by atoms with van der Waals surface area (Å²) in [7, 11) is -1.16. The highest BCUT2D eigenvalue weighted by Crippen LogP contribution is 2.25. The predicted molar refractivity (Wildman–Crippen MR) is 114 cm³/mol. The molecule has 3 N–H and O–H groups in total. The molecule has 1 fully saturated rings. The van der Waals surface area contributed by atoms with E-state index in [1.807, 2.05) is 0 Å². The number of aliphatic hydroxyl groups is 1. The fourth-order valence-corrected chi connectivity index (χ4v) is 3.60. The number of carbonyl (C=O) groups is 4. The van der Waals surface area contributed by atoms with Crippen molar-refractivity contribution in [2.45, 2.75) is 25.8 Å². The zero-order chi connectivity index (χ0) is 24.4. The quantitative estimate of drug-likeness (QED) is 0.256. The van der Waals surface area contributed by atoms with Crippen LogP contribution in [0.15, 0.2) is 30.4 Å². The number of urea groups is 1. The van der Waals surface area contributed by atoms with Gasteiger partial charge in [-0.3, -0.25) is 24.0 Å². The van der Waals surface area contributed by atoms with Crippen molar-refractivity contribution < 1.29 is 37.4 Å². The van der Waals surface area contributed by atoms with E-state index in [0.29, 0.717) is 4.90 Å². The van der Waals surface area contributed by atoms with Crippen molar-refractivity contribution in [3.05, 3.63) is 35.9 Å². The fraction of sp³-hybridized carbons (Fsp3) is 0.368. The summed E-state index contributed by atoms with van der Waals surface area (Å²) in [5.41, 5.74) is 0.172.